The molecule has 3 aromatic carbocycles. The predicted octanol–water partition coefficient (Wildman–Crippen LogP) is 4.79. The number of carboxylic acids is 2. The van der Waals surface area contributed by atoms with Crippen LogP contribution in [0.15, 0.2) is 91.1 Å². The molecule has 4 aromatic rings. The van der Waals surface area contributed by atoms with Crippen LogP contribution in [0.1, 0.15) is 35.4 Å². The summed E-state index contributed by atoms with van der Waals surface area (Å²) in [5, 5.41) is 19.7. The van der Waals surface area contributed by atoms with Crippen LogP contribution in [-0.4, -0.2) is 45.9 Å². The number of hydrogen-bond acceptors (Lipinski definition) is 4. The molecule has 4 N–H and O–H groups in total. The molecule has 1 aromatic heterocycles. The molecule has 2 heterocycles. The summed E-state index contributed by atoms with van der Waals surface area (Å²) in [7, 11) is 0. The summed E-state index contributed by atoms with van der Waals surface area (Å²) in [5.74, 6) is -3.37. The normalized spacial score (nSPS) is 17.4. The van der Waals surface area contributed by atoms with Crippen LogP contribution >= 0.6 is 0 Å². The van der Waals surface area contributed by atoms with Crippen LogP contribution in [0, 0.1) is 0 Å². The monoisotopic (exact) mass is 486 g/mol. The average molecular weight is 487 g/mol. The smallest absolute Gasteiger partial charge is 0.414 e. The van der Waals surface area contributed by atoms with Gasteiger partial charge in [0.25, 0.3) is 0 Å². The Kier molecular flexibility index (Phi) is 8.49. The third-order valence-corrected chi connectivity index (χ3v) is 6.40. The fourth-order valence-corrected chi connectivity index (χ4v) is 4.61. The molecular formula is C29H30N2O5. The van der Waals surface area contributed by atoms with Gasteiger partial charge in [-0.15, -0.1) is 0 Å². The van der Waals surface area contributed by atoms with E-state index < -0.39 is 11.9 Å². The Morgan fingerprint density at radius 2 is 1.53 bits per heavy atom. The number of carbonyl (C=O) groups is 2. The minimum absolute atomic E-state index is 0.212. The maximum absolute atomic E-state index is 9.10. The molecule has 0 bridgehead atoms. The maximum Gasteiger partial charge on any atom is 0.414 e. The minimum Gasteiger partial charge on any atom is -0.473 e. The van der Waals surface area contributed by atoms with Crippen LogP contribution in [-0.2, 0) is 20.9 Å². The van der Waals surface area contributed by atoms with Crippen molar-refractivity contribution < 1.29 is 24.5 Å². The predicted molar refractivity (Wildman–Crippen MR) is 138 cm³/mol. The second kappa shape index (κ2) is 12.2. The van der Waals surface area contributed by atoms with Gasteiger partial charge in [-0.2, -0.15) is 0 Å². The SMILES string of the molecule is O=C(O)C(=O)O.c1ccc(C(c2ccccc2)[C@@H]2CC[C@H](NCc3ccc4[nH]ccc4c3)CO2)cc1. The molecule has 1 aliphatic rings. The molecule has 0 unspecified atom stereocenters. The molecule has 7 nitrogen and oxygen atoms in total. The first-order valence-corrected chi connectivity index (χ1v) is 12.0. The number of carboxylic acid groups (broad SMARTS) is 2. The van der Waals surface area contributed by atoms with Crippen molar-refractivity contribution in [1.29, 1.82) is 0 Å². The standard InChI is InChI=1S/C27H28N2O.C2H2O4/c1-3-7-21(8-4-1)27(22-9-5-2-6-10-22)26-14-12-24(19-30-26)29-18-20-11-13-25-23(17-20)15-16-28-25;3-1(4)2(5)6/h1-11,13,15-17,24,26-29H,12,14,18-19H2;(H,3,4)(H,5,6)/t24-,26-;/m0./s1. The van der Waals surface area contributed by atoms with Gasteiger partial charge in [0.15, 0.2) is 0 Å². The van der Waals surface area contributed by atoms with Crippen molar-refractivity contribution in [3.05, 3.63) is 108 Å². The van der Waals surface area contributed by atoms with Crippen LogP contribution in [0.25, 0.3) is 10.9 Å². The highest BCUT2D eigenvalue weighted by Gasteiger charge is 2.30. The summed E-state index contributed by atoms with van der Waals surface area (Å²) >= 11 is 0. The zero-order valence-electron chi connectivity index (χ0n) is 19.8. The van der Waals surface area contributed by atoms with Gasteiger partial charge in [0.1, 0.15) is 0 Å². The minimum atomic E-state index is -1.82. The number of rotatable bonds is 6. The first kappa shape index (κ1) is 25.2. The highest BCUT2D eigenvalue weighted by atomic mass is 16.5. The van der Waals surface area contributed by atoms with Crippen molar-refractivity contribution in [2.75, 3.05) is 6.61 Å². The molecule has 1 fully saturated rings. The van der Waals surface area contributed by atoms with Gasteiger partial charge in [-0.3, -0.25) is 0 Å². The lowest BCUT2D eigenvalue weighted by Gasteiger charge is -2.35. The summed E-state index contributed by atoms with van der Waals surface area (Å²) in [5.41, 5.74) is 5.17. The van der Waals surface area contributed by atoms with E-state index in [9.17, 15) is 0 Å². The number of aliphatic carboxylic acids is 2. The summed E-state index contributed by atoms with van der Waals surface area (Å²) in [6.45, 7) is 1.63. The second-order valence-corrected chi connectivity index (χ2v) is 8.84. The van der Waals surface area contributed by atoms with E-state index in [1.807, 2.05) is 6.20 Å². The number of benzene rings is 3. The molecule has 2 atom stereocenters. The van der Waals surface area contributed by atoms with Crippen molar-refractivity contribution in [1.82, 2.24) is 10.3 Å². The molecule has 5 rings (SSSR count). The Bertz CT molecular complexity index is 1210. The third-order valence-electron chi connectivity index (χ3n) is 6.40. The lowest BCUT2D eigenvalue weighted by molar-refractivity contribution is -0.159. The zero-order valence-corrected chi connectivity index (χ0v) is 19.8. The van der Waals surface area contributed by atoms with Crippen LogP contribution in [0.2, 0.25) is 0 Å². The average Bonchev–Trinajstić information content (AvgIpc) is 3.38. The summed E-state index contributed by atoms with van der Waals surface area (Å²) in [6.07, 6.45) is 4.40. The molecular weight excluding hydrogens is 456 g/mol. The van der Waals surface area contributed by atoms with Crippen LogP contribution in [0.5, 0.6) is 0 Å². The highest BCUT2D eigenvalue weighted by molar-refractivity contribution is 6.27. The van der Waals surface area contributed by atoms with E-state index in [0.29, 0.717) is 6.04 Å². The van der Waals surface area contributed by atoms with E-state index in [-0.39, 0.29) is 12.0 Å². The number of ether oxygens (including phenoxy) is 1. The second-order valence-electron chi connectivity index (χ2n) is 8.84. The van der Waals surface area contributed by atoms with E-state index in [1.165, 1.54) is 27.6 Å². The molecule has 0 amide bonds. The lowest BCUT2D eigenvalue weighted by Crippen LogP contribution is -2.41. The molecule has 186 valence electrons. The van der Waals surface area contributed by atoms with Gasteiger partial charge in [0.05, 0.1) is 12.7 Å². The number of nitrogens with one attached hydrogen (secondary N) is 2. The Labute approximate surface area is 209 Å². The Morgan fingerprint density at radius 3 is 2.08 bits per heavy atom. The van der Waals surface area contributed by atoms with Gasteiger partial charge in [-0.25, -0.2) is 9.59 Å². The maximum atomic E-state index is 9.10. The van der Waals surface area contributed by atoms with Crippen LogP contribution in [0.4, 0.5) is 0 Å². The van der Waals surface area contributed by atoms with E-state index in [2.05, 4.69) is 95.2 Å². The number of H-pyrrole nitrogens is 1. The summed E-state index contributed by atoms with van der Waals surface area (Å²) < 4.78 is 6.44. The highest BCUT2D eigenvalue weighted by Crippen LogP contribution is 2.34. The van der Waals surface area contributed by atoms with E-state index in [1.54, 1.807) is 0 Å². The molecule has 0 aliphatic carbocycles. The molecule has 1 aliphatic heterocycles. The summed E-state index contributed by atoms with van der Waals surface area (Å²) in [4.78, 5) is 21.5. The quantitative estimate of drug-likeness (QED) is 0.292. The largest absolute Gasteiger partial charge is 0.473 e. The molecule has 36 heavy (non-hydrogen) atoms. The summed E-state index contributed by atoms with van der Waals surface area (Å²) in [6, 6.07) is 30.7. The van der Waals surface area contributed by atoms with Gasteiger partial charge in [0, 0.05) is 30.2 Å². The van der Waals surface area contributed by atoms with Crippen molar-refractivity contribution in [2.24, 2.45) is 0 Å². The fourth-order valence-electron chi connectivity index (χ4n) is 4.61. The first-order valence-electron chi connectivity index (χ1n) is 12.0. The van der Waals surface area contributed by atoms with Crippen molar-refractivity contribution in [3.63, 3.8) is 0 Å². The van der Waals surface area contributed by atoms with Gasteiger partial charge in [-0.05, 0) is 53.1 Å². The van der Waals surface area contributed by atoms with Gasteiger partial charge < -0.3 is 25.3 Å². The molecule has 1 saturated heterocycles. The Morgan fingerprint density at radius 1 is 0.889 bits per heavy atom. The Balaban J connectivity index is 0.000000455. The van der Waals surface area contributed by atoms with E-state index in [4.69, 9.17) is 24.5 Å². The van der Waals surface area contributed by atoms with Gasteiger partial charge in [-0.1, -0.05) is 66.7 Å². The number of aromatic amines is 1. The number of fused-ring (bicyclic) bond motifs is 1. The topological polar surface area (TPSA) is 112 Å². The van der Waals surface area contributed by atoms with Gasteiger partial charge in [0.2, 0.25) is 0 Å². The molecule has 0 spiro atoms. The number of hydrogen-bond donors (Lipinski definition) is 4. The molecule has 0 saturated carbocycles. The third kappa shape index (κ3) is 6.59. The van der Waals surface area contributed by atoms with Crippen molar-refractivity contribution in [3.8, 4) is 0 Å². The van der Waals surface area contributed by atoms with E-state index in [0.717, 1.165) is 26.0 Å². The van der Waals surface area contributed by atoms with Crippen molar-refractivity contribution >= 4 is 22.8 Å². The van der Waals surface area contributed by atoms with Crippen LogP contribution in [0.3, 0.4) is 0 Å². The number of aromatic nitrogens is 1. The van der Waals surface area contributed by atoms with Crippen molar-refractivity contribution in [2.45, 2.75) is 37.5 Å². The van der Waals surface area contributed by atoms with Gasteiger partial charge >= 0.3 is 11.9 Å². The van der Waals surface area contributed by atoms with Crippen LogP contribution < -0.4 is 5.32 Å². The zero-order chi connectivity index (χ0) is 25.3. The lowest BCUT2D eigenvalue weighted by atomic mass is 9.83. The fraction of sp³-hybridized carbons (Fsp3) is 0.241. The Hall–Kier alpha value is -3.94. The van der Waals surface area contributed by atoms with E-state index >= 15 is 0 Å². The first-order chi connectivity index (χ1) is 17.5. The molecule has 0 radical (unpaired) electrons. The molecule has 7 heteroatoms.